The van der Waals surface area contributed by atoms with Gasteiger partial charge < -0.3 is 13.0 Å². The highest BCUT2D eigenvalue weighted by Crippen LogP contribution is 2.13. The predicted octanol–water partition coefficient (Wildman–Crippen LogP) is 2.10. The number of ether oxygens (including phenoxy) is 1. The molecule has 0 aromatic rings. The van der Waals surface area contributed by atoms with Crippen LogP contribution >= 0.6 is 0 Å². The van der Waals surface area contributed by atoms with E-state index in [1.165, 1.54) is 0 Å². The molecule has 0 fully saturated rings. The second-order valence-electron chi connectivity index (χ2n) is 5.25. The van der Waals surface area contributed by atoms with Gasteiger partial charge in [0.25, 0.3) is 0 Å². The summed E-state index contributed by atoms with van der Waals surface area (Å²) in [6.45, 7) is 15.9. The average molecular weight is 321 g/mol. The van der Waals surface area contributed by atoms with Crippen LogP contribution in [0.5, 0.6) is 0 Å². The van der Waals surface area contributed by atoms with Crippen molar-refractivity contribution in [1.29, 1.82) is 0 Å². The Bertz CT molecular complexity index is 285. The normalized spacial score (nSPS) is 13.1. The molecule has 4 nitrogen and oxygen atoms in total. The molecule has 0 bridgehead atoms. The summed E-state index contributed by atoms with van der Waals surface area (Å²) < 4.78 is 17.4. The van der Waals surface area contributed by atoms with Gasteiger partial charge in [-0.05, 0) is 39.5 Å². The van der Waals surface area contributed by atoms with Gasteiger partial charge in [-0.1, -0.05) is 13.5 Å². The molecular weight excluding hydrogens is 292 g/mol. The largest absolute Gasteiger partial charge is 0.459 e. The fourth-order valence-electron chi connectivity index (χ4n) is 1.52. The van der Waals surface area contributed by atoms with E-state index in [0.717, 1.165) is 12.5 Å². The summed E-state index contributed by atoms with van der Waals surface area (Å²) in [7, 11) is -3.92. The van der Waals surface area contributed by atoms with Gasteiger partial charge in [0.2, 0.25) is 0 Å². The molecule has 0 saturated carbocycles. The second kappa shape index (κ2) is 9.65. The van der Waals surface area contributed by atoms with Crippen LogP contribution in [0.15, 0.2) is 12.2 Å². The van der Waals surface area contributed by atoms with Gasteiger partial charge in [0.05, 0.1) is 0 Å². The quantitative estimate of drug-likeness (QED) is 0.371. The lowest BCUT2D eigenvalue weighted by atomic mass is 10.3. The Morgan fingerprint density at radius 3 is 1.95 bits per heavy atom. The molecule has 0 aromatic heterocycles. The molecule has 0 aliphatic carbocycles. The third-order valence-corrected chi connectivity index (χ3v) is 10.1. The SMILES string of the molecule is C=C(C)C(=O)OC(CC)C[SiH](O[SiH](C)C)O[SiH](C)C. The lowest BCUT2D eigenvalue weighted by Gasteiger charge is -2.25. The zero-order valence-corrected chi connectivity index (χ0v) is 16.5. The van der Waals surface area contributed by atoms with E-state index in [1.54, 1.807) is 6.92 Å². The van der Waals surface area contributed by atoms with E-state index in [0.29, 0.717) is 5.57 Å². The Hall–Kier alpha value is -0.219. The molecule has 0 aliphatic heterocycles. The van der Waals surface area contributed by atoms with Crippen LogP contribution in [-0.2, 0) is 17.8 Å². The highest BCUT2D eigenvalue weighted by Gasteiger charge is 2.24. The van der Waals surface area contributed by atoms with Crippen molar-refractivity contribution >= 4 is 33.3 Å². The Morgan fingerprint density at radius 2 is 1.63 bits per heavy atom. The van der Waals surface area contributed by atoms with Crippen molar-refractivity contribution in [3.8, 4) is 0 Å². The van der Waals surface area contributed by atoms with Gasteiger partial charge in [-0.2, -0.15) is 0 Å². The van der Waals surface area contributed by atoms with Crippen LogP contribution in [0.2, 0.25) is 32.2 Å². The van der Waals surface area contributed by atoms with E-state index in [1.807, 2.05) is 6.92 Å². The zero-order chi connectivity index (χ0) is 15.0. The van der Waals surface area contributed by atoms with E-state index in [-0.39, 0.29) is 12.1 Å². The van der Waals surface area contributed by atoms with E-state index in [4.69, 9.17) is 13.0 Å². The van der Waals surface area contributed by atoms with Crippen LogP contribution < -0.4 is 0 Å². The van der Waals surface area contributed by atoms with Crippen LogP contribution in [0.25, 0.3) is 0 Å². The van der Waals surface area contributed by atoms with Gasteiger partial charge in [-0.15, -0.1) is 0 Å². The van der Waals surface area contributed by atoms with E-state index in [9.17, 15) is 4.79 Å². The van der Waals surface area contributed by atoms with Crippen molar-refractivity contribution in [2.24, 2.45) is 0 Å². The molecule has 0 rings (SSSR count). The fourth-order valence-corrected chi connectivity index (χ4v) is 8.95. The lowest BCUT2D eigenvalue weighted by Crippen LogP contribution is -2.36. The highest BCUT2D eigenvalue weighted by atomic mass is 28.4. The molecule has 0 radical (unpaired) electrons. The summed E-state index contributed by atoms with van der Waals surface area (Å²) in [6.07, 6.45) is 0.676. The minimum absolute atomic E-state index is 0.110. The van der Waals surface area contributed by atoms with Crippen molar-refractivity contribution in [3.63, 3.8) is 0 Å². The fraction of sp³-hybridized carbons (Fsp3) is 0.750. The molecule has 1 unspecified atom stereocenters. The van der Waals surface area contributed by atoms with Crippen molar-refractivity contribution in [2.75, 3.05) is 0 Å². The Kier molecular flexibility index (Phi) is 9.54. The van der Waals surface area contributed by atoms with Crippen LogP contribution in [0.4, 0.5) is 0 Å². The van der Waals surface area contributed by atoms with Gasteiger partial charge in [-0.25, -0.2) is 4.79 Å². The molecule has 0 heterocycles. The van der Waals surface area contributed by atoms with Gasteiger partial charge >= 0.3 is 15.3 Å². The first-order valence-electron chi connectivity index (χ1n) is 6.93. The summed E-state index contributed by atoms with van der Waals surface area (Å²) in [5, 5.41) is 0. The maximum atomic E-state index is 11.6. The molecule has 7 heteroatoms. The summed E-state index contributed by atoms with van der Waals surface area (Å²) in [6, 6.07) is 0.742. The average Bonchev–Trinajstić information content (AvgIpc) is 2.25. The third-order valence-electron chi connectivity index (χ3n) is 2.38. The Morgan fingerprint density at radius 1 is 1.16 bits per heavy atom. The molecule has 0 saturated heterocycles. The lowest BCUT2D eigenvalue weighted by molar-refractivity contribution is -0.143. The third kappa shape index (κ3) is 9.33. The predicted molar refractivity (Wildman–Crippen MR) is 86.9 cm³/mol. The van der Waals surface area contributed by atoms with Crippen molar-refractivity contribution in [2.45, 2.75) is 58.6 Å². The minimum atomic E-state index is -1.70. The van der Waals surface area contributed by atoms with Gasteiger partial charge in [0, 0.05) is 11.6 Å². The zero-order valence-electron chi connectivity index (χ0n) is 13.1. The minimum Gasteiger partial charge on any atom is -0.459 e. The summed E-state index contributed by atoms with van der Waals surface area (Å²) in [5.41, 5.74) is 0.440. The molecule has 0 aromatic carbocycles. The smallest absolute Gasteiger partial charge is 0.333 e. The molecule has 19 heavy (non-hydrogen) atoms. The van der Waals surface area contributed by atoms with E-state index >= 15 is 0 Å². The van der Waals surface area contributed by atoms with Crippen LogP contribution in [0.3, 0.4) is 0 Å². The summed E-state index contributed by atoms with van der Waals surface area (Å²) >= 11 is 0. The monoisotopic (exact) mass is 320 g/mol. The Labute approximate surface area is 122 Å². The van der Waals surface area contributed by atoms with Crippen LogP contribution in [-0.4, -0.2) is 39.4 Å². The number of hydrogen-bond acceptors (Lipinski definition) is 4. The molecule has 0 N–H and O–H groups in total. The maximum absolute atomic E-state index is 11.6. The van der Waals surface area contributed by atoms with Gasteiger partial charge in [0.1, 0.15) is 6.10 Å². The van der Waals surface area contributed by atoms with E-state index < -0.39 is 27.4 Å². The molecule has 112 valence electrons. The number of carbonyl (C=O) groups is 1. The maximum Gasteiger partial charge on any atom is 0.333 e. The first-order valence-corrected chi connectivity index (χ1v) is 14.3. The topological polar surface area (TPSA) is 44.8 Å². The number of carbonyl (C=O) groups excluding carboxylic acids is 1. The molecule has 0 amide bonds. The van der Waals surface area contributed by atoms with Crippen molar-refractivity contribution in [3.05, 3.63) is 12.2 Å². The first kappa shape index (κ1) is 18.8. The van der Waals surface area contributed by atoms with Gasteiger partial charge in [0.15, 0.2) is 18.1 Å². The van der Waals surface area contributed by atoms with Crippen molar-refractivity contribution < 1.29 is 17.8 Å². The van der Waals surface area contributed by atoms with E-state index in [2.05, 4.69) is 32.8 Å². The molecule has 0 aliphatic rings. The number of esters is 1. The summed E-state index contributed by atoms with van der Waals surface area (Å²) in [4.78, 5) is 11.6. The van der Waals surface area contributed by atoms with Crippen molar-refractivity contribution in [1.82, 2.24) is 0 Å². The first-order chi connectivity index (χ1) is 8.76. The Balaban J connectivity index is 4.49. The second-order valence-corrected chi connectivity index (χ2v) is 13.0. The van der Waals surface area contributed by atoms with Crippen LogP contribution in [0.1, 0.15) is 20.3 Å². The molecular formula is C12H28O4Si3. The summed E-state index contributed by atoms with van der Waals surface area (Å²) in [5.74, 6) is -0.316. The van der Waals surface area contributed by atoms with Crippen LogP contribution in [0, 0.1) is 0 Å². The number of rotatable bonds is 9. The molecule has 1 atom stereocenters. The highest BCUT2D eigenvalue weighted by molar-refractivity contribution is 6.67. The standard InChI is InChI=1S/C12H28O4Si3/c1-8-11(14-12(13)10(2)3)9-19(15-17(4)5)16-18(6)7/h11,17-19H,2,8-9H2,1,3-7H3. The molecule has 0 spiro atoms. The van der Waals surface area contributed by atoms with Gasteiger partial charge in [-0.3, -0.25) is 0 Å². The number of hydrogen-bond donors (Lipinski definition) is 0.